The summed E-state index contributed by atoms with van der Waals surface area (Å²) in [6.07, 6.45) is 3.60. The molecule has 134 valence electrons. The third-order valence-electron chi connectivity index (χ3n) is 3.67. The van der Waals surface area contributed by atoms with E-state index in [9.17, 15) is 0 Å². The molecule has 0 saturated carbocycles. The van der Waals surface area contributed by atoms with Crippen LogP contribution in [0.1, 0.15) is 11.1 Å². The number of hydrogen-bond donors (Lipinski definition) is 1. The third-order valence-corrected chi connectivity index (χ3v) is 3.67. The van der Waals surface area contributed by atoms with Crippen LogP contribution in [0.15, 0.2) is 48.8 Å². The van der Waals surface area contributed by atoms with E-state index in [0.29, 0.717) is 6.61 Å². The van der Waals surface area contributed by atoms with Gasteiger partial charge in [0, 0.05) is 50.7 Å². The number of rotatable bonds is 5. The van der Waals surface area contributed by atoms with Crippen molar-refractivity contribution in [2.24, 2.45) is 0 Å². The van der Waals surface area contributed by atoms with Crippen LogP contribution in [0, 0.1) is 0 Å². The summed E-state index contributed by atoms with van der Waals surface area (Å²) in [4.78, 5) is 6.56. The average Bonchev–Trinajstić information content (AvgIpc) is 2.56. The van der Waals surface area contributed by atoms with E-state index in [1.165, 1.54) is 5.56 Å². The highest BCUT2D eigenvalue weighted by Gasteiger charge is 2.09. The lowest BCUT2D eigenvalue weighted by Crippen LogP contribution is -2.42. The Balaban J connectivity index is 0.00000176. The first-order valence-corrected chi connectivity index (χ1v) is 7.44. The number of benzene rings is 1. The van der Waals surface area contributed by atoms with Crippen molar-refractivity contribution >= 4 is 37.2 Å². The summed E-state index contributed by atoms with van der Waals surface area (Å²) in [5, 5.41) is 3.38. The molecular formula is C17H24Cl3N3O. The van der Waals surface area contributed by atoms with Crippen molar-refractivity contribution < 1.29 is 4.74 Å². The molecule has 1 aromatic carbocycles. The molecule has 0 aliphatic carbocycles. The van der Waals surface area contributed by atoms with E-state index in [0.717, 1.165) is 44.0 Å². The zero-order valence-corrected chi connectivity index (χ0v) is 15.8. The van der Waals surface area contributed by atoms with Crippen molar-refractivity contribution in [1.29, 1.82) is 0 Å². The lowest BCUT2D eigenvalue weighted by molar-refractivity contribution is 0.233. The molecule has 4 nitrogen and oxygen atoms in total. The maximum atomic E-state index is 5.77. The van der Waals surface area contributed by atoms with E-state index < -0.39 is 0 Å². The minimum absolute atomic E-state index is 0. The number of aromatic nitrogens is 1. The molecular weight excluding hydrogens is 369 g/mol. The predicted molar refractivity (Wildman–Crippen MR) is 105 cm³/mol. The minimum Gasteiger partial charge on any atom is -0.489 e. The van der Waals surface area contributed by atoms with E-state index in [1.54, 1.807) is 6.20 Å². The Morgan fingerprint density at radius 3 is 2.29 bits per heavy atom. The van der Waals surface area contributed by atoms with Gasteiger partial charge in [-0.1, -0.05) is 18.2 Å². The van der Waals surface area contributed by atoms with Crippen LogP contribution in [0.3, 0.4) is 0 Å². The summed E-state index contributed by atoms with van der Waals surface area (Å²) in [6.45, 7) is 6.01. The van der Waals surface area contributed by atoms with Crippen LogP contribution in [0.25, 0.3) is 0 Å². The Kier molecular flexibility index (Phi) is 11.8. The van der Waals surface area contributed by atoms with Gasteiger partial charge >= 0.3 is 0 Å². The molecule has 1 aliphatic rings. The second-order valence-corrected chi connectivity index (χ2v) is 5.32. The van der Waals surface area contributed by atoms with Crippen LogP contribution in [0.4, 0.5) is 0 Å². The van der Waals surface area contributed by atoms with Crippen molar-refractivity contribution in [3.05, 3.63) is 59.9 Å². The third kappa shape index (κ3) is 7.24. The Bertz CT molecular complexity index is 549. The minimum atomic E-state index is 0. The molecule has 1 fully saturated rings. The van der Waals surface area contributed by atoms with Gasteiger partial charge in [-0.2, -0.15) is 0 Å². The number of halogens is 3. The summed E-state index contributed by atoms with van der Waals surface area (Å²) in [7, 11) is 0. The predicted octanol–water partition coefficient (Wildman–Crippen LogP) is 3.33. The maximum absolute atomic E-state index is 5.77. The van der Waals surface area contributed by atoms with E-state index in [-0.39, 0.29) is 37.2 Å². The molecule has 2 heterocycles. The van der Waals surface area contributed by atoms with Crippen molar-refractivity contribution in [3.8, 4) is 5.75 Å². The highest BCUT2D eigenvalue weighted by molar-refractivity contribution is 5.86. The standard InChI is InChI=1S/C17H21N3O.3ClH/c1-2-16(12-19-7-1)14-21-17-5-3-15(4-6-17)13-20-10-8-18-9-11-20;;;/h1-7,12,18H,8-11,13-14H2;3*1H. The van der Waals surface area contributed by atoms with Gasteiger partial charge in [-0.3, -0.25) is 9.88 Å². The average molecular weight is 393 g/mol. The highest BCUT2D eigenvalue weighted by Crippen LogP contribution is 2.15. The molecule has 2 aromatic rings. The molecule has 7 heteroatoms. The number of piperazine rings is 1. The summed E-state index contributed by atoms with van der Waals surface area (Å²) in [5.74, 6) is 0.905. The van der Waals surface area contributed by atoms with E-state index in [4.69, 9.17) is 4.74 Å². The molecule has 3 rings (SSSR count). The molecule has 0 unspecified atom stereocenters. The van der Waals surface area contributed by atoms with E-state index in [1.807, 2.05) is 30.5 Å². The van der Waals surface area contributed by atoms with Crippen molar-refractivity contribution in [3.63, 3.8) is 0 Å². The van der Waals surface area contributed by atoms with Crippen LogP contribution in [-0.2, 0) is 13.2 Å². The lowest BCUT2D eigenvalue weighted by atomic mass is 10.2. The van der Waals surface area contributed by atoms with Crippen molar-refractivity contribution in [2.45, 2.75) is 13.2 Å². The van der Waals surface area contributed by atoms with E-state index in [2.05, 4.69) is 27.3 Å². The molecule has 0 bridgehead atoms. The van der Waals surface area contributed by atoms with Crippen LogP contribution in [0.5, 0.6) is 5.75 Å². The second-order valence-electron chi connectivity index (χ2n) is 5.32. The van der Waals surface area contributed by atoms with Crippen LogP contribution in [0.2, 0.25) is 0 Å². The first-order chi connectivity index (χ1) is 10.4. The summed E-state index contributed by atoms with van der Waals surface area (Å²) >= 11 is 0. The number of nitrogens with one attached hydrogen (secondary N) is 1. The molecule has 0 amide bonds. The summed E-state index contributed by atoms with van der Waals surface area (Å²) in [6, 6.07) is 12.4. The quantitative estimate of drug-likeness (QED) is 0.847. The first-order valence-electron chi connectivity index (χ1n) is 7.44. The van der Waals surface area contributed by atoms with Crippen molar-refractivity contribution in [1.82, 2.24) is 15.2 Å². The molecule has 0 spiro atoms. The molecule has 1 aromatic heterocycles. The normalized spacial score (nSPS) is 13.8. The second kappa shape index (κ2) is 12.3. The summed E-state index contributed by atoms with van der Waals surface area (Å²) in [5.41, 5.74) is 2.42. The number of nitrogens with zero attached hydrogens (tertiary/aromatic N) is 2. The Hall–Kier alpha value is -1.04. The van der Waals surface area contributed by atoms with Gasteiger partial charge < -0.3 is 10.1 Å². The monoisotopic (exact) mass is 391 g/mol. The van der Waals surface area contributed by atoms with Gasteiger partial charge in [0.15, 0.2) is 0 Å². The molecule has 0 atom stereocenters. The number of hydrogen-bond acceptors (Lipinski definition) is 4. The van der Waals surface area contributed by atoms with E-state index >= 15 is 0 Å². The fraction of sp³-hybridized carbons (Fsp3) is 0.353. The van der Waals surface area contributed by atoms with Gasteiger partial charge in [0.2, 0.25) is 0 Å². The maximum Gasteiger partial charge on any atom is 0.119 e. The van der Waals surface area contributed by atoms with Gasteiger partial charge in [0.25, 0.3) is 0 Å². The zero-order chi connectivity index (χ0) is 14.3. The Morgan fingerprint density at radius 2 is 1.67 bits per heavy atom. The van der Waals surface area contributed by atoms with Gasteiger partial charge in [0.1, 0.15) is 12.4 Å². The first kappa shape index (κ1) is 23.0. The van der Waals surface area contributed by atoms with Crippen LogP contribution >= 0.6 is 37.2 Å². The van der Waals surface area contributed by atoms with Gasteiger partial charge in [-0.15, -0.1) is 37.2 Å². The molecule has 1 aliphatic heterocycles. The highest BCUT2D eigenvalue weighted by atomic mass is 35.5. The Labute approximate surface area is 162 Å². The molecule has 1 N–H and O–H groups in total. The number of ether oxygens (including phenoxy) is 1. The van der Waals surface area contributed by atoms with Gasteiger partial charge in [-0.25, -0.2) is 0 Å². The lowest BCUT2D eigenvalue weighted by Gasteiger charge is -2.27. The van der Waals surface area contributed by atoms with Gasteiger partial charge in [-0.05, 0) is 23.8 Å². The fourth-order valence-corrected chi connectivity index (χ4v) is 2.47. The molecule has 1 saturated heterocycles. The Morgan fingerprint density at radius 1 is 0.958 bits per heavy atom. The SMILES string of the molecule is Cl.Cl.Cl.c1cncc(COc2ccc(CN3CCNCC3)cc2)c1. The fourth-order valence-electron chi connectivity index (χ4n) is 2.47. The largest absolute Gasteiger partial charge is 0.489 e. The molecule has 24 heavy (non-hydrogen) atoms. The molecule has 0 radical (unpaired) electrons. The zero-order valence-electron chi connectivity index (χ0n) is 13.4. The van der Waals surface area contributed by atoms with Crippen LogP contribution in [-0.4, -0.2) is 36.1 Å². The topological polar surface area (TPSA) is 37.4 Å². The van der Waals surface area contributed by atoms with Crippen LogP contribution < -0.4 is 10.1 Å². The number of pyridine rings is 1. The van der Waals surface area contributed by atoms with Gasteiger partial charge in [0.05, 0.1) is 0 Å². The van der Waals surface area contributed by atoms with Crippen molar-refractivity contribution in [2.75, 3.05) is 26.2 Å². The smallest absolute Gasteiger partial charge is 0.119 e. The summed E-state index contributed by atoms with van der Waals surface area (Å²) < 4.78 is 5.77.